The van der Waals surface area contributed by atoms with Crippen molar-refractivity contribution in [3.63, 3.8) is 0 Å². The van der Waals surface area contributed by atoms with E-state index in [1.54, 1.807) is 0 Å². The molecule has 0 spiro atoms. The fourth-order valence-corrected chi connectivity index (χ4v) is 2.07. The molecular formula is C16H31NaO4. The molecule has 5 heteroatoms. The summed E-state index contributed by atoms with van der Waals surface area (Å²) in [4.78, 5) is 10.1. The van der Waals surface area contributed by atoms with E-state index in [1.807, 2.05) is 0 Å². The van der Waals surface area contributed by atoms with Crippen LogP contribution in [0.15, 0.2) is 0 Å². The molecule has 0 radical (unpaired) electrons. The molecule has 0 bridgehead atoms. The Balaban J connectivity index is 0. The quantitative estimate of drug-likeness (QED) is 0.290. The molecule has 0 heterocycles. The predicted molar refractivity (Wildman–Crippen MR) is 78.5 cm³/mol. The molecular weight excluding hydrogens is 279 g/mol. The summed E-state index contributed by atoms with van der Waals surface area (Å²) in [6, 6.07) is 0. The third-order valence-electron chi connectivity index (χ3n) is 3.23. The van der Waals surface area contributed by atoms with Crippen LogP contribution in [0.5, 0.6) is 0 Å². The third kappa shape index (κ3) is 22.8. The standard InChI is InChI=1S/C16H32O4.Na/c1-2-3-4-5-6-7-8-9-10-11-12-19-13-14-20-15-16(17)18;/h2-15H2,1H3,(H,17,18);/q;+1/p-1. The molecule has 0 fully saturated rings. The number of carboxylic acid groups (broad SMARTS) is 1. The van der Waals surface area contributed by atoms with Gasteiger partial charge in [0.15, 0.2) is 0 Å². The Hall–Kier alpha value is 0.390. The summed E-state index contributed by atoms with van der Waals surface area (Å²) in [6.07, 6.45) is 13.1. The summed E-state index contributed by atoms with van der Waals surface area (Å²) < 4.78 is 10.2. The average molecular weight is 310 g/mol. The molecule has 21 heavy (non-hydrogen) atoms. The van der Waals surface area contributed by atoms with Gasteiger partial charge in [-0.25, -0.2) is 0 Å². The molecule has 0 aromatic heterocycles. The van der Waals surface area contributed by atoms with Crippen molar-refractivity contribution in [1.29, 1.82) is 0 Å². The van der Waals surface area contributed by atoms with Gasteiger partial charge in [0.25, 0.3) is 0 Å². The fourth-order valence-electron chi connectivity index (χ4n) is 2.07. The third-order valence-corrected chi connectivity index (χ3v) is 3.23. The zero-order valence-corrected chi connectivity index (χ0v) is 16.0. The van der Waals surface area contributed by atoms with Gasteiger partial charge in [-0.3, -0.25) is 0 Å². The van der Waals surface area contributed by atoms with Crippen molar-refractivity contribution in [2.75, 3.05) is 26.4 Å². The second-order valence-electron chi connectivity index (χ2n) is 5.22. The Morgan fingerprint density at radius 2 is 1.24 bits per heavy atom. The Morgan fingerprint density at radius 3 is 1.76 bits per heavy atom. The Labute approximate surface area is 152 Å². The normalized spacial score (nSPS) is 10.3. The number of ether oxygens (including phenoxy) is 2. The van der Waals surface area contributed by atoms with E-state index >= 15 is 0 Å². The van der Waals surface area contributed by atoms with E-state index in [0.717, 1.165) is 13.0 Å². The summed E-state index contributed by atoms with van der Waals surface area (Å²) in [7, 11) is 0. The fraction of sp³-hybridized carbons (Fsp3) is 0.938. The Bertz CT molecular complexity index is 212. The minimum atomic E-state index is -1.18. The van der Waals surface area contributed by atoms with Crippen LogP contribution in [0.2, 0.25) is 0 Å². The predicted octanol–water partition coefficient (Wildman–Crippen LogP) is -0.306. The van der Waals surface area contributed by atoms with Crippen molar-refractivity contribution in [3.8, 4) is 0 Å². The smallest absolute Gasteiger partial charge is 0.548 e. The second-order valence-corrected chi connectivity index (χ2v) is 5.22. The Morgan fingerprint density at radius 1 is 0.762 bits per heavy atom. The summed E-state index contributed by atoms with van der Waals surface area (Å²) >= 11 is 0. The van der Waals surface area contributed by atoms with Crippen molar-refractivity contribution >= 4 is 5.97 Å². The number of unbranched alkanes of at least 4 members (excludes halogenated alkanes) is 9. The molecule has 4 nitrogen and oxygen atoms in total. The molecule has 0 aliphatic heterocycles. The maximum absolute atomic E-state index is 10.1. The van der Waals surface area contributed by atoms with Crippen LogP contribution in [-0.4, -0.2) is 32.4 Å². The number of rotatable bonds is 16. The molecule has 0 aromatic carbocycles. The first-order chi connectivity index (χ1) is 9.77. The van der Waals surface area contributed by atoms with E-state index in [2.05, 4.69) is 6.92 Å². The average Bonchev–Trinajstić information content (AvgIpc) is 2.43. The monoisotopic (exact) mass is 310 g/mol. The molecule has 0 saturated heterocycles. The van der Waals surface area contributed by atoms with Crippen molar-refractivity contribution in [3.05, 3.63) is 0 Å². The van der Waals surface area contributed by atoms with Crippen LogP contribution in [0.25, 0.3) is 0 Å². The van der Waals surface area contributed by atoms with Gasteiger partial charge in [-0.05, 0) is 6.42 Å². The summed E-state index contributed by atoms with van der Waals surface area (Å²) in [6.45, 7) is 3.43. The number of hydrogen-bond acceptors (Lipinski definition) is 4. The van der Waals surface area contributed by atoms with Crippen molar-refractivity contribution < 1.29 is 48.9 Å². The second kappa shape index (κ2) is 20.4. The molecule has 0 amide bonds. The van der Waals surface area contributed by atoms with Crippen LogP contribution in [0.4, 0.5) is 0 Å². The molecule has 0 aliphatic rings. The van der Waals surface area contributed by atoms with Gasteiger partial charge in [0.2, 0.25) is 0 Å². The first-order valence-corrected chi connectivity index (χ1v) is 8.12. The van der Waals surface area contributed by atoms with Crippen molar-refractivity contribution in [1.82, 2.24) is 0 Å². The number of hydrogen-bond donors (Lipinski definition) is 0. The first kappa shape index (κ1) is 23.7. The largest absolute Gasteiger partial charge is 1.00 e. The van der Waals surface area contributed by atoms with E-state index in [4.69, 9.17) is 9.47 Å². The van der Waals surface area contributed by atoms with Crippen molar-refractivity contribution in [2.45, 2.75) is 71.1 Å². The van der Waals surface area contributed by atoms with Crippen LogP contribution < -0.4 is 34.7 Å². The van der Waals surface area contributed by atoms with Gasteiger partial charge < -0.3 is 19.4 Å². The minimum Gasteiger partial charge on any atom is -0.548 e. The molecule has 0 aliphatic carbocycles. The Kier molecular flexibility index (Phi) is 23.0. The SMILES string of the molecule is CCCCCCCCCCCCOCCOCC(=O)[O-].[Na+]. The minimum absolute atomic E-state index is 0. The van der Waals surface area contributed by atoms with E-state index in [1.165, 1.54) is 57.8 Å². The first-order valence-electron chi connectivity index (χ1n) is 8.12. The summed E-state index contributed by atoms with van der Waals surface area (Å²) in [5.41, 5.74) is 0. The van der Waals surface area contributed by atoms with Crippen LogP contribution in [0, 0.1) is 0 Å². The van der Waals surface area contributed by atoms with Crippen molar-refractivity contribution in [2.24, 2.45) is 0 Å². The number of carboxylic acids is 1. The molecule has 0 N–H and O–H groups in total. The zero-order chi connectivity index (χ0) is 14.9. The molecule has 0 rings (SSSR count). The topological polar surface area (TPSA) is 58.6 Å². The van der Waals surface area contributed by atoms with Gasteiger partial charge >= 0.3 is 29.6 Å². The van der Waals surface area contributed by atoms with Gasteiger partial charge in [-0.2, -0.15) is 0 Å². The van der Waals surface area contributed by atoms with Crippen LogP contribution in [0.1, 0.15) is 71.1 Å². The van der Waals surface area contributed by atoms with E-state index < -0.39 is 5.97 Å². The van der Waals surface area contributed by atoms with Gasteiger partial charge in [0, 0.05) is 6.61 Å². The maximum Gasteiger partial charge on any atom is 1.00 e. The molecule has 120 valence electrons. The zero-order valence-electron chi connectivity index (χ0n) is 14.0. The van der Waals surface area contributed by atoms with Crippen LogP contribution in [0.3, 0.4) is 0 Å². The van der Waals surface area contributed by atoms with E-state index in [-0.39, 0.29) is 36.2 Å². The number of carbonyl (C=O) groups excluding carboxylic acids is 1. The maximum atomic E-state index is 10.1. The molecule has 0 aromatic rings. The molecule has 0 unspecified atom stereocenters. The van der Waals surface area contributed by atoms with Gasteiger partial charge in [0.05, 0.1) is 25.8 Å². The summed E-state index contributed by atoms with van der Waals surface area (Å²) in [5.74, 6) is -1.18. The molecule has 0 atom stereocenters. The van der Waals surface area contributed by atoms with Gasteiger partial charge in [-0.1, -0.05) is 64.7 Å². The number of aliphatic carboxylic acids is 1. The molecule has 0 saturated carbocycles. The summed E-state index contributed by atoms with van der Waals surface area (Å²) in [5, 5.41) is 10.1. The number of carbonyl (C=O) groups is 1. The van der Waals surface area contributed by atoms with Gasteiger partial charge in [0.1, 0.15) is 0 Å². The van der Waals surface area contributed by atoms with Gasteiger partial charge in [-0.15, -0.1) is 0 Å². The van der Waals surface area contributed by atoms with Crippen LogP contribution >= 0.6 is 0 Å². The van der Waals surface area contributed by atoms with E-state index in [0.29, 0.717) is 13.2 Å². The van der Waals surface area contributed by atoms with Crippen LogP contribution in [-0.2, 0) is 14.3 Å². The van der Waals surface area contributed by atoms with E-state index in [9.17, 15) is 9.90 Å².